The molecule has 0 saturated carbocycles. The van der Waals surface area contributed by atoms with E-state index >= 15 is 0 Å². The molecule has 0 radical (unpaired) electrons. The third-order valence-electron chi connectivity index (χ3n) is 3.41. The number of amidine groups is 1. The van der Waals surface area contributed by atoms with Gasteiger partial charge in [0.05, 0.1) is 18.0 Å². The number of nitro groups is 1. The Hall–Kier alpha value is -3.81. The van der Waals surface area contributed by atoms with Gasteiger partial charge in [-0.05, 0) is 36.8 Å². The maximum Gasteiger partial charge on any atom is 0.433 e. The number of para-hydroxylation sites is 1. The van der Waals surface area contributed by atoms with Crippen molar-refractivity contribution < 1.29 is 9.34 Å². The molecule has 26 heavy (non-hydrogen) atoms. The molecule has 0 atom stereocenters. The van der Waals surface area contributed by atoms with E-state index in [1.165, 1.54) is 18.3 Å². The van der Waals surface area contributed by atoms with Gasteiger partial charge in [0.15, 0.2) is 11.6 Å². The lowest BCUT2D eigenvalue weighted by Crippen LogP contribution is -2.20. The summed E-state index contributed by atoms with van der Waals surface area (Å²) in [4.78, 5) is 18.9. The molecule has 3 rings (SSSR count). The first-order chi connectivity index (χ1) is 12.6. The highest BCUT2D eigenvalue weighted by Gasteiger charge is 2.10. The van der Waals surface area contributed by atoms with Gasteiger partial charge in [-0.25, -0.2) is 4.99 Å². The van der Waals surface area contributed by atoms with Crippen LogP contribution in [0.15, 0.2) is 75.3 Å². The van der Waals surface area contributed by atoms with E-state index in [0.717, 1.165) is 11.3 Å². The molecule has 2 aromatic heterocycles. The second-order valence-corrected chi connectivity index (χ2v) is 5.26. The van der Waals surface area contributed by atoms with Gasteiger partial charge in [0.1, 0.15) is 10.6 Å². The summed E-state index contributed by atoms with van der Waals surface area (Å²) in [7, 11) is 0. The largest absolute Gasteiger partial charge is 0.433 e. The minimum absolute atomic E-state index is 0.250. The molecule has 1 aromatic carbocycles. The average Bonchev–Trinajstić information content (AvgIpc) is 3.12. The van der Waals surface area contributed by atoms with Gasteiger partial charge in [-0.15, -0.1) is 0 Å². The number of pyridine rings is 1. The third-order valence-corrected chi connectivity index (χ3v) is 3.41. The van der Waals surface area contributed by atoms with Crippen LogP contribution in [0.2, 0.25) is 0 Å². The Kier molecular flexibility index (Phi) is 5.14. The lowest BCUT2D eigenvalue weighted by molar-refractivity contribution is -0.402. The van der Waals surface area contributed by atoms with E-state index in [0.29, 0.717) is 11.5 Å². The molecule has 8 nitrogen and oxygen atoms in total. The van der Waals surface area contributed by atoms with Gasteiger partial charge in [-0.1, -0.05) is 24.3 Å². The van der Waals surface area contributed by atoms with Crippen LogP contribution in [0, 0.1) is 17.0 Å². The van der Waals surface area contributed by atoms with Crippen LogP contribution >= 0.6 is 0 Å². The molecule has 0 fully saturated rings. The molecule has 0 saturated heterocycles. The van der Waals surface area contributed by atoms with E-state index in [4.69, 9.17) is 4.42 Å². The van der Waals surface area contributed by atoms with Gasteiger partial charge in [0.2, 0.25) is 0 Å². The summed E-state index contributed by atoms with van der Waals surface area (Å²) in [6, 6.07) is 15.9. The van der Waals surface area contributed by atoms with Crippen molar-refractivity contribution in [1.82, 2.24) is 10.4 Å². The van der Waals surface area contributed by atoms with Crippen molar-refractivity contribution in [1.29, 1.82) is 0 Å². The van der Waals surface area contributed by atoms with Gasteiger partial charge in [-0.2, -0.15) is 5.10 Å². The number of aromatic nitrogens is 1. The Morgan fingerprint density at radius 3 is 2.69 bits per heavy atom. The molecule has 130 valence electrons. The van der Waals surface area contributed by atoms with E-state index in [-0.39, 0.29) is 11.6 Å². The molecule has 2 heterocycles. The molecule has 0 bridgehead atoms. The lowest BCUT2D eigenvalue weighted by Gasteiger charge is -2.06. The molecule has 0 aliphatic rings. The molecular formula is C18H15N5O3. The van der Waals surface area contributed by atoms with Crippen molar-refractivity contribution in [3.63, 3.8) is 0 Å². The van der Waals surface area contributed by atoms with Crippen molar-refractivity contribution in [2.45, 2.75) is 6.92 Å². The van der Waals surface area contributed by atoms with Crippen molar-refractivity contribution >= 4 is 23.6 Å². The van der Waals surface area contributed by atoms with Gasteiger partial charge in [0.25, 0.3) is 0 Å². The Labute approximate surface area is 149 Å². The number of aliphatic imine (C=N–C) groups is 1. The van der Waals surface area contributed by atoms with Crippen LogP contribution in [0.4, 0.5) is 11.6 Å². The third kappa shape index (κ3) is 4.18. The zero-order chi connectivity index (χ0) is 18.4. The highest BCUT2D eigenvalue weighted by molar-refractivity contribution is 5.99. The summed E-state index contributed by atoms with van der Waals surface area (Å²) >= 11 is 0. The molecule has 0 spiro atoms. The van der Waals surface area contributed by atoms with Crippen LogP contribution in [-0.4, -0.2) is 22.0 Å². The first-order valence-electron chi connectivity index (χ1n) is 7.72. The predicted molar refractivity (Wildman–Crippen MR) is 97.7 cm³/mol. The fourth-order valence-corrected chi connectivity index (χ4v) is 2.12. The smallest absolute Gasteiger partial charge is 0.400 e. The number of hydrogen-bond acceptors (Lipinski definition) is 6. The molecular weight excluding hydrogens is 334 g/mol. The fourth-order valence-electron chi connectivity index (χ4n) is 2.12. The SMILES string of the molecule is Cc1ccccc1N=C(N/N=C\c1ccc([N+](=O)[O-])o1)c1ccccn1. The summed E-state index contributed by atoms with van der Waals surface area (Å²) in [6.07, 6.45) is 2.99. The van der Waals surface area contributed by atoms with Crippen LogP contribution in [0.1, 0.15) is 17.0 Å². The molecule has 0 aliphatic carbocycles. The molecule has 0 amide bonds. The monoisotopic (exact) mass is 349 g/mol. The van der Waals surface area contributed by atoms with Crippen LogP contribution < -0.4 is 5.43 Å². The average molecular weight is 349 g/mol. The quantitative estimate of drug-likeness (QED) is 0.328. The van der Waals surface area contributed by atoms with E-state index in [1.54, 1.807) is 18.3 Å². The highest BCUT2D eigenvalue weighted by Crippen LogP contribution is 2.18. The molecule has 3 aromatic rings. The number of hydrazone groups is 1. The van der Waals surface area contributed by atoms with E-state index in [1.807, 2.05) is 37.3 Å². The normalized spacial score (nSPS) is 11.7. The van der Waals surface area contributed by atoms with Gasteiger partial charge in [0, 0.05) is 6.20 Å². The Balaban J connectivity index is 1.85. The highest BCUT2D eigenvalue weighted by atomic mass is 16.6. The Morgan fingerprint density at radius 2 is 2.00 bits per heavy atom. The molecule has 1 N–H and O–H groups in total. The van der Waals surface area contributed by atoms with Crippen LogP contribution in [-0.2, 0) is 0 Å². The minimum Gasteiger partial charge on any atom is -0.400 e. The summed E-state index contributed by atoms with van der Waals surface area (Å²) < 4.78 is 5.03. The van der Waals surface area contributed by atoms with Crippen molar-refractivity contribution in [3.05, 3.63) is 87.9 Å². The molecule has 0 aliphatic heterocycles. The number of aryl methyl sites for hydroxylation is 1. The second kappa shape index (κ2) is 7.84. The Morgan fingerprint density at radius 1 is 1.19 bits per heavy atom. The number of furan rings is 1. The summed E-state index contributed by atoms with van der Waals surface area (Å²) in [5, 5.41) is 14.7. The predicted octanol–water partition coefficient (Wildman–Crippen LogP) is 3.59. The zero-order valence-electron chi connectivity index (χ0n) is 13.9. The minimum atomic E-state index is -0.607. The first-order valence-corrected chi connectivity index (χ1v) is 7.72. The van der Waals surface area contributed by atoms with Crippen LogP contribution in [0.5, 0.6) is 0 Å². The van der Waals surface area contributed by atoms with Crippen LogP contribution in [0.3, 0.4) is 0 Å². The van der Waals surface area contributed by atoms with Crippen molar-refractivity contribution in [3.8, 4) is 0 Å². The van der Waals surface area contributed by atoms with Gasteiger partial charge >= 0.3 is 5.88 Å². The van der Waals surface area contributed by atoms with E-state index in [9.17, 15) is 10.1 Å². The zero-order valence-corrected chi connectivity index (χ0v) is 13.9. The summed E-state index contributed by atoms with van der Waals surface area (Å²) in [6.45, 7) is 1.96. The van der Waals surface area contributed by atoms with Crippen molar-refractivity contribution in [2.75, 3.05) is 0 Å². The standard InChI is InChI=1S/C18H15N5O3/c1-13-6-2-3-7-15(13)21-18(16-8-4-5-11-19-16)22-20-12-14-9-10-17(26-14)23(24)25/h2-12H,1H3,(H,21,22)/b20-12-. The van der Waals surface area contributed by atoms with Gasteiger partial charge < -0.3 is 4.42 Å². The van der Waals surface area contributed by atoms with Gasteiger partial charge in [-0.3, -0.25) is 20.5 Å². The number of hydrogen-bond donors (Lipinski definition) is 1. The van der Waals surface area contributed by atoms with E-state index < -0.39 is 4.92 Å². The first kappa shape index (κ1) is 17.0. The summed E-state index contributed by atoms with van der Waals surface area (Å²) in [5.74, 6) is 0.350. The maximum absolute atomic E-state index is 10.6. The van der Waals surface area contributed by atoms with Crippen molar-refractivity contribution in [2.24, 2.45) is 10.1 Å². The molecule has 0 unspecified atom stereocenters. The number of benzene rings is 1. The second-order valence-electron chi connectivity index (χ2n) is 5.26. The fraction of sp³-hybridized carbons (Fsp3) is 0.0556. The van der Waals surface area contributed by atoms with Crippen LogP contribution in [0.25, 0.3) is 0 Å². The number of nitrogens with zero attached hydrogens (tertiary/aromatic N) is 4. The topological polar surface area (TPSA) is 106 Å². The van der Waals surface area contributed by atoms with E-state index in [2.05, 4.69) is 20.5 Å². The lowest BCUT2D eigenvalue weighted by atomic mass is 10.2. The maximum atomic E-state index is 10.6. The Bertz CT molecular complexity index is 964. The summed E-state index contributed by atoms with van der Waals surface area (Å²) in [5.41, 5.74) is 5.23. The molecule has 8 heteroatoms. The number of nitrogens with one attached hydrogen (secondary N) is 1. The number of rotatable bonds is 5.